The summed E-state index contributed by atoms with van der Waals surface area (Å²) in [5, 5.41) is 7.39. The first-order chi connectivity index (χ1) is 9.14. The summed E-state index contributed by atoms with van der Waals surface area (Å²) in [6.45, 7) is 5.84. The smallest absolute Gasteiger partial charge is 0.246 e. The number of hydrogen-bond donors (Lipinski definition) is 1. The highest BCUT2D eigenvalue weighted by molar-refractivity contribution is 7.89. The largest absolute Gasteiger partial charge is 0.315 e. The Balaban J connectivity index is 1.96. The zero-order valence-corrected chi connectivity index (χ0v) is 12.2. The van der Waals surface area contributed by atoms with Gasteiger partial charge in [0, 0.05) is 25.8 Å². The second-order valence-corrected chi connectivity index (χ2v) is 6.74. The van der Waals surface area contributed by atoms with E-state index >= 15 is 0 Å². The lowest BCUT2D eigenvalue weighted by molar-refractivity contribution is 0.477. The zero-order valence-electron chi connectivity index (χ0n) is 11.4. The van der Waals surface area contributed by atoms with Gasteiger partial charge in [-0.25, -0.2) is 8.42 Å². The molecule has 0 bridgehead atoms. The molecule has 0 radical (unpaired) electrons. The molecule has 0 aromatic carbocycles. The number of nitrogens with zero attached hydrogens (tertiary/aromatic N) is 3. The maximum Gasteiger partial charge on any atom is 0.246 e. The monoisotopic (exact) mass is 286 g/mol. The lowest BCUT2D eigenvalue weighted by atomic mass is 10.4. The van der Waals surface area contributed by atoms with Gasteiger partial charge < -0.3 is 5.32 Å². The Kier molecular flexibility index (Phi) is 4.95. The molecule has 1 aromatic rings. The Bertz CT molecular complexity index is 492. The molecule has 1 aromatic heterocycles. The van der Waals surface area contributed by atoms with E-state index in [0.717, 1.165) is 32.4 Å². The van der Waals surface area contributed by atoms with Crippen LogP contribution in [-0.4, -0.2) is 48.7 Å². The molecule has 0 unspecified atom stereocenters. The average molecular weight is 286 g/mol. The number of hydrogen-bond acceptors (Lipinski definition) is 4. The second kappa shape index (κ2) is 6.49. The lowest BCUT2D eigenvalue weighted by Crippen LogP contribution is -2.27. The highest BCUT2D eigenvalue weighted by Crippen LogP contribution is 2.19. The van der Waals surface area contributed by atoms with Gasteiger partial charge in [0.2, 0.25) is 10.0 Å². The van der Waals surface area contributed by atoms with E-state index in [0.29, 0.717) is 24.5 Å². The first-order valence-electron chi connectivity index (χ1n) is 6.88. The average Bonchev–Trinajstić information content (AvgIpc) is 3.05. The highest BCUT2D eigenvalue weighted by Gasteiger charge is 2.28. The molecule has 0 amide bonds. The molecule has 6 nitrogen and oxygen atoms in total. The van der Waals surface area contributed by atoms with Gasteiger partial charge in [-0.15, -0.1) is 0 Å². The number of rotatable bonds is 7. The maximum atomic E-state index is 12.3. The molecule has 108 valence electrons. The summed E-state index contributed by atoms with van der Waals surface area (Å²) < 4.78 is 27.8. The number of aromatic nitrogens is 2. The van der Waals surface area contributed by atoms with E-state index < -0.39 is 10.0 Å². The standard InChI is InChI=1S/C12H22N4O2S/c1-2-5-13-6-9-15-11-12(10-14-15)19(17,18)16-7-3-4-8-16/h10-11,13H,2-9H2,1H3. The first-order valence-corrected chi connectivity index (χ1v) is 8.32. The van der Waals surface area contributed by atoms with E-state index in [1.165, 1.54) is 6.20 Å². The van der Waals surface area contributed by atoms with Crippen molar-refractivity contribution in [1.29, 1.82) is 0 Å². The summed E-state index contributed by atoms with van der Waals surface area (Å²) in [5.41, 5.74) is 0. The van der Waals surface area contributed by atoms with Gasteiger partial charge in [0.1, 0.15) is 4.90 Å². The maximum absolute atomic E-state index is 12.3. The molecular formula is C12H22N4O2S. The van der Waals surface area contributed by atoms with E-state index in [9.17, 15) is 8.42 Å². The summed E-state index contributed by atoms with van der Waals surface area (Å²) in [7, 11) is -3.32. The molecule has 0 spiro atoms. The van der Waals surface area contributed by atoms with E-state index in [1.54, 1.807) is 15.2 Å². The van der Waals surface area contributed by atoms with Crippen molar-refractivity contribution in [3.8, 4) is 0 Å². The van der Waals surface area contributed by atoms with Gasteiger partial charge in [0.25, 0.3) is 0 Å². The summed E-state index contributed by atoms with van der Waals surface area (Å²) in [6, 6.07) is 0. The molecule has 7 heteroatoms. The van der Waals surface area contributed by atoms with Gasteiger partial charge >= 0.3 is 0 Å². The van der Waals surface area contributed by atoms with Crippen molar-refractivity contribution in [2.24, 2.45) is 0 Å². The number of sulfonamides is 1. The van der Waals surface area contributed by atoms with Crippen LogP contribution in [0.15, 0.2) is 17.3 Å². The molecule has 0 saturated carbocycles. The van der Waals surface area contributed by atoms with Crippen LogP contribution in [0.2, 0.25) is 0 Å². The summed E-state index contributed by atoms with van der Waals surface area (Å²) in [4.78, 5) is 0.310. The molecule has 1 N–H and O–H groups in total. The van der Waals surface area contributed by atoms with Gasteiger partial charge in [-0.3, -0.25) is 4.68 Å². The van der Waals surface area contributed by atoms with Crippen molar-refractivity contribution in [1.82, 2.24) is 19.4 Å². The topological polar surface area (TPSA) is 67.2 Å². The third kappa shape index (κ3) is 3.55. The van der Waals surface area contributed by atoms with Crippen LogP contribution in [0.4, 0.5) is 0 Å². The van der Waals surface area contributed by atoms with Crippen molar-refractivity contribution in [3.63, 3.8) is 0 Å². The quantitative estimate of drug-likeness (QED) is 0.748. The molecule has 2 heterocycles. The second-order valence-electron chi connectivity index (χ2n) is 4.80. The van der Waals surface area contributed by atoms with Crippen LogP contribution in [0.3, 0.4) is 0 Å². The van der Waals surface area contributed by atoms with Gasteiger partial charge in [-0.2, -0.15) is 9.40 Å². The van der Waals surface area contributed by atoms with Crippen LogP contribution >= 0.6 is 0 Å². The van der Waals surface area contributed by atoms with Crippen LogP contribution in [0, 0.1) is 0 Å². The van der Waals surface area contributed by atoms with E-state index in [4.69, 9.17) is 0 Å². The minimum Gasteiger partial charge on any atom is -0.315 e. The first kappa shape index (κ1) is 14.5. The summed E-state index contributed by atoms with van der Waals surface area (Å²) >= 11 is 0. The third-order valence-electron chi connectivity index (χ3n) is 3.26. The Hall–Kier alpha value is -0.920. The molecule has 0 atom stereocenters. The van der Waals surface area contributed by atoms with Crippen LogP contribution in [0.5, 0.6) is 0 Å². The molecule has 1 fully saturated rings. The van der Waals surface area contributed by atoms with E-state index in [-0.39, 0.29) is 0 Å². The zero-order chi connectivity index (χ0) is 13.7. The summed E-state index contributed by atoms with van der Waals surface area (Å²) in [6.07, 6.45) is 6.07. The predicted molar refractivity (Wildman–Crippen MR) is 73.4 cm³/mol. The van der Waals surface area contributed by atoms with E-state index in [1.807, 2.05) is 0 Å². The van der Waals surface area contributed by atoms with Crippen LogP contribution in [-0.2, 0) is 16.6 Å². The van der Waals surface area contributed by atoms with Crippen molar-refractivity contribution in [3.05, 3.63) is 12.4 Å². The van der Waals surface area contributed by atoms with Crippen LogP contribution < -0.4 is 5.32 Å². The minimum atomic E-state index is -3.32. The predicted octanol–water partition coefficient (Wildman–Crippen LogP) is 0.667. The van der Waals surface area contributed by atoms with Gasteiger partial charge in [-0.1, -0.05) is 6.92 Å². The van der Waals surface area contributed by atoms with E-state index in [2.05, 4.69) is 17.3 Å². The number of nitrogens with one attached hydrogen (secondary N) is 1. The van der Waals surface area contributed by atoms with Crippen molar-refractivity contribution < 1.29 is 8.42 Å². The normalized spacial score (nSPS) is 17.1. The SMILES string of the molecule is CCCNCCn1cc(S(=O)(=O)N2CCCC2)cn1. The van der Waals surface area contributed by atoms with Crippen molar-refractivity contribution >= 4 is 10.0 Å². The van der Waals surface area contributed by atoms with Gasteiger partial charge in [-0.05, 0) is 25.8 Å². The van der Waals surface area contributed by atoms with Crippen LogP contribution in [0.1, 0.15) is 26.2 Å². The Morgan fingerprint density at radius 2 is 2.05 bits per heavy atom. The highest BCUT2D eigenvalue weighted by atomic mass is 32.2. The lowest BCUT2D eigenvalue weighted by Gasteiger charge is -2.13. The molecular weight excluding hydrogens is 264 g/mol. The molecule has 1 aliphatic heterocycles. The van der Waals surface area contributed by atoms with Crippen molar-refractivity contribution in [2.45, 2.75) is 37.6 Å². The fraction of sp³-hybridized carbons (Fsp3) is 0.750. The van der Waals surface area contributed by atoms with Crippen LogP contribution in [0.25, 0.3) is 0 Å². The minimum absolute atomic E-state index is 0.310. The third-order valence-corrected chi connectivity index (χ3v) is 5.11. The molecule has 1 aliphatic rings. The fourth-order valence-corrected chi connectivity index (χ4v) is 3.65. The molecule has 2 rings (SSSR count). The Morgan fingerprint density at radius 3 is 2.74 bits per heavy atom. The molecule has 19 heavy (non-hydrogen) atoms. The Labute approximate surface area is 114 Å². The fourth-order valence-electron chi connectivity index (χ4n) is 2.17. The van der Waals surface area contributed by atoms with Crippen molar-refractivity contribution in [2.75, 3.05) is 26.2 Å². The molecule has 0 aliphatic carbocycles. The molecule has 1 saturated heterocycles. The Morgan fingerprint density at radius 1 is 1.32 bits per heavy atom. The van der Waals surface area contributed by atoms with Gasteiger partial charge in [0.05, 0.1) is 12.7 Å². The van der Waals surface area contributed by atoms with Gasteiger partial charge in [0.15, 0.2) is 0 Å². The summed E-state index contributed by atoms with van der Waals surface area (Å²) in [5.74, 6) is 0.